The average molecular weight is 506 g/mol. The second-order valence-corrected chi connectivity index (χ2v) is 10.2. The molecule has 0 amide bonds. The van der Waals surface area contributed by atoms with E-state index in [0.29, 0.717) is 5.82 Å². The first kappa shape index (κ1) is 22.5. The predicted molar refractivity (Wildman–Crippen MR) is 157 cm³/mol. The van der Waals surface area contributed by atoms with Gasteiger partial charge in [0, 0.05) is 32.2 Å². The first-order chi connectivity index (χ1) is 18.8. The zero-order valence-electron chi connectivity index (χ0n) is 20.5. The first-order valence-corrected chi connectivity index (χ1v) is 13.4. The van der Waals surface area contributed by atoms with E-state index in [0.717, 1.165) is 33.8 Å². The maximum absolute atomic E-state index is 4.99. The van der Waals surface area contributed by atoms with Gasteiger partial charge in [0.15, 0.2) is 5.82 Å². The normalized spacial score (nSPS) is 12.1. The number of para-hydroxylation sites is 2. The van der Waals surface area contributed by atoms with E-state index in [9.17, 15) is 0 Å². The molecule has 1 aromatic heterocycles. The number of anilines is 3. The van der Waals surface area contributed by atoms with E-state index in [2.05, 4.69) is 108 Å². The van der Waals surface area contributed by atoms with Crippen LogP contribution in [0.25, 0.3) is 33.9 Å². The lowest BCUT2D eigenvalue weighted by Gasteiger charge is -2.32. The molecule has 2 heterocycles. The SMILES string of the molecule is c1ccc(-c2cc(-c3ccccc3)nc(-c3ccc(N4c5ccccc5Sc5ccccc54)cc3)n2)cc1. The van der Waals surface area contributed by atoms with Crippen LogP contribution in [-0.2, 0) is 0 Å². The Balaban J connectivity index is 1.32. The van der Waals surface area contributed by atoms with E-state index in [-0.39, 0.29) is 0 Å². The molecule has 1 aliphatic heterocycles. The lowest BCUT2D eigenvalue weighted by molar-refractivity contribution is 1.16. The minimum absolute atomic E-state index is 0.715. The summed E-state index contributed by atoms with van der Waals surface area (Å²) in [6.07, 6.45) is 0. The van der Waals surface area contributed by atoms with Gasteiger partial charge in [-0.2, -0.15) is 0 Å². The van der Waals surface area contributed by atoms with E-state index >= 15 is 0 Å². The van der Waals surface area contributed by atoms with Gasteiger partial charge in [-0.25, -0.2) is 9.97 Å². The van der Waals surface area contributed by atoms with Crippen LogP contribution in [0.4, 0.5) is 17.1 Å². The first-order valence-electron chi connectivity index (χ1n) is 12.6. The summed E-state index contributed by atoms with van der Waals surface area (Å²) in [6.45, 7) is 0. The highest BCUT2D eigenvalue weighted by molar-refractivity contribution is 7.99. The van der Waals surface area contributed by atoms with Crippen molar-refractivity contribution in [1.29, 1.82) is 0 Å². The van der Waals surface area contributed by atoms with Crippen molar-refractivity contribution in [2.45, 2.75) is 9.79 Å². The molecule has 0 radical (unpaired) electrons. The highest BCUT2D eigenvalue weighted by Gasteiger charge is 2.24. The summed E-state index contributed by atoms with van der Waals surface area (Å²) in [5.41, 5.74) is 8.44. The zero-order valence-corrected chi connectivity index (χ0v) is 21.3. The molecule has 6 aromatic rings. The van der Waals surface area contributed by atoms with E-state index < -0.39 is 0 Å². The molecule has 38 heavy (non-hydrogen) atoms. The van der Waals surface area contributed by atoms with Crippen molar-refractivity contribution in [2.24, 2.45) is 0 Å². The molecule has 0 N–H and O–H groups in total. The summed E-state index contributed by atoms with van der Waals surface area (Å²) in [4.78, 5) is 14.8. The second-order valence-electron chi connectivity index (χ2n) is 9.11. The third kappa shape index (κ3) is 4.15. The largest absolute Gasteiger partial charge is 0.308 e. The molecular formula is C34H23N3S. The molecule has 0 saturated carbocycles. The van der Waals surface area contributed by atoms with Crippen molar-refractivity contribution in [1.82, 2.24) is 9.97 Å². The number of hydrogen-bond acceptors (Lipinski definition) is 4. The molecule has 0 fully saturated rings. The Morgan fingerprint density at radius 1 is 0.447 bits per heavy atom. The second kappa shape index (κ2) is 9.66. The molecule has 0 aliphatic carbocycles. The Morgan fingerprint density at radius 3 is 1.45 bits per heavy atom. The quantitative estimate of drug-likeness (QED) is 0.238. The highest BCUT2D eigenvalue weighted by Crippen LogP contribution is 2.51. The molecule has 0 bridgehead atoms. The summed E-state index contributed by atoms with van der Waals surface area (Å²) < 4.78 is 0. The van der Waals surface area contributed by atoms with E-state index in [1.165, 1.54) is 21.2 Å². The number of aromatic nitrogens is 2. The van der Waals surface area contributed by atoms with Gasteiger partial charge < -0.3 is 4.90 Å². The fourth-order valence-electron chi connectivity index (χ4n) is 4.83. The van der Waals surface area contributed by atoms with E-state index in [4.69, 9.17) is 9.97 Å². The number of rotatable bonds is 4. The van der Waals surface area contributed by atoms with Gasteiger partial charge in [-0.15, -0.1) is 0 Å². The van der Waals surface area contributed by atoms with Crippen LogP contribution in [0.15, 0.2) is 149 Å². The van der Waals surface area contributed by atoms with Crippen LogP contribution in [0.1, 0.15) is 0 Å². The number of benzene rings is 5. The third-order valence-electron chi connectivity index (χ3n) is 6.68. The fraction of sp³-hybridized carbons (Fsp3) is 0. The van der Waals surface area contributed by atoms with Gasteiger partial charge in [-0.3, -0.25) is 0 Å². The van der Waals surface area contributed by atoms with Crippen molar-refractivity contribution in [3.05, 3.63) is 140 Å². The molecule has 0 atom stereocenters. The number of nitrogens with zero attached hydrogens (tertiary/aromatic N) is 3. The third-order valence-corrected chi connectivity index (χ3v) is 7.81. The molecule has 180 valence electrons. The molecule has 4 heteroatoms. The Morgan fingerprint density at radius 2 is 0.921 bits per heavy atom. The fourth-order valence-corrected chi connectivity index (χ4v) is 5.89. The van der Waals surface area contributed by atoms with E-state index in [1.807, 2.05) is 48.2 Å². The van der Waals surface area contributed by atoms with Crippen LogP contribution in [0.3, 0.4) is 0 Å². The van der Waals surface area contributed by atoms with Crippen molar-refractivity contribution in [3.8, 4) is 33.9 Å². The summed E-state index contributed by atoms with van der Waals surface area (Å²) in [7, 11) is 0. The Kier molecular flexibility index (Phi) is 5.72. The molecule has 0 saturated heterocycles. The van der Waals surface area contributed by atoms with Crippen molar-refractivity contribution < 1.29 is 0 Å². The van der Waals surface area contributed by atoms with Crippen LogP contribution in [0.5, 0.6) is 0 Å². The lowest BCUT2D eigenvalue weighted by Crippen LogP contribution is -2.14. The maximum Gasteiger partial charge on any atom is 0.160 e. The molecule has 3 nitrogen and oxygen atoms in total. The average Bonchev–Trinajstić information content (AvgIpc) is 3.00. The summed E-state index contributed by atoms with van der Waals surface area (Å²) in [5.74, 6) is 0.715. The molecule has 7 rings (SSSR count). The minimum Gasteiger partial charge on any atom is -0.308 e. The van der Waals surface area contributed by atoms with Gasteiger partial charge in [0.2, 0.25) is 0 Å². The van der Waals surface area contributed by atoms with Gasteiger partial charge >= 0.3 is 0 Å². The standard InChI is InChI=1S/C34H23N3S/c1-3-11-24(12-4-1)28-23-29(25-13-5-2-6-14-25)36-34(35-28)26-19-21-27(22-20-26)37-30-15-7-9-17-32(30)38-33-18-10-8-16-31(33)37/h1-23H. The van der Waals surface area contributed by atoms with Gasteiger partial charge in [-0.05, 0) is 54.6 Å². The van der Waals surface area contributed by atoms with Gasteiger partial charge in [0.05, 0.1) is 22.8 Å². The molecule has 0 spiro atoms. The zero-order chi connectivity index (χ0) is 25.3. The molecule has 0 unspecified atom stereocenters. The van der Waals surface area contributed by atoms with Crippen molar-refractivity contribution >= 4 is 28.8 Å². The summed E-state index contributed by atoms with van der Waals surface area (Å²) in [6, 6.07) is 48.4. The van der Waals surface area contributed by atoms with Crippen molar-refractivity contribution in [2.75, 3.05) is 4.90 Å². The van der Waals surface area contributed by atoms with Crippen LogP contribution in [0.2, 0.25) is 0 Å². The lowest BCUT2D eigenvalue weighted by atomic mass is 10.1. The Labute approximate surface area is 226 Å². The highest BCUT2D eigenvalue weighted by atomic mass is 32.2. The van der Waals surface area contributed by atoms with Gasteiger partial charge in [-0.1, -0.05) is 96.7 Å². The Bertz CT molecular complexity index is 1630. The number of fused-ring (bicyclic) bond motifs is 2. The topological polar surface area (TPSA) is 29.0 Å². The maximum atomic E-state index is 4.99. The predicted octanol–water partition coefficient (Wildman–Crippen LogP) is 9.41. The summed E-state index contributed by atoms with van der Waals surface area (Å²) >= 11 is 1.82. The molecular weight excluding hydrogens is 482 g/mol. The monoisotopic (exact) mass is 505 g/mol. The van der Waals surface area contributed by atoms with Crippen LogP contribution < -0.4 is 4.90 Å². The van der Waals surface area contributed by atoms with Crippen LogP contribution in [0, 0.1) is 0 Å². The van der Waals surface area contributed by atoms with E-state index in [1.54, 1.807) is 0 Å². The Hall–Kier alpha value is -4.67. The van der Waals surface area contributed by atoms with Gasteiger partial charge in [0.25, 0.3) is 0 Å². The molecule has 1 aliphatic rings. The summed E-state index contributed by atoms with van der Waals surface area (Å²) in [5, 5.41) is 0. The van der Waals surface area contributed by atoms with Crippen molar-refractivity contribution in [3.63, 3.8) is 0 Å². The van der Waals surface area contributed by atoms with Crippen LogP contribution >= 0.6 is 11.8 Å². The van der Waals surface area contributed by atoms with Crippen LogP contribution in [-0.4, -0.2) is 9.97 Å². The minimum atomic E-state index is 0.715. The molecule has 5 aromatic carbocycles. The van der Waals surface area contributed by atoms with Gasteiger partial charge in [0.1, 0.15) is 0 Å². The number of hydrogen-bond donors (Lipinski definition) is 0. The smallest absolute Gasteiger partial charge is 0.160 e.